The van der Waals surface area contributed by atoms with Crippen LogP contribution in [0.4, 0.5) is 8.78 Å². The Kier molecular flexibility index (Phi) is 3.64. The number of benzene rings is 1. The first-order valence-corrected chi connectivity index (χ1v) is 6.59. The van der Waals surface area contributed by atoms with Gasteiger partial charge < -0.3 is 5.73 Å². The van der Waals surface area contributed by atoms with Crippen LogP contribution in [0.1, 0.15) is 18.5 Å². The first-order valence-electron chi connectivity index (χ1n) is 4.63. The molecule has 0 aliphatic carbocycles. The van der Waals surface area contributed by atoms with Crippen LogP contribution in [0.25, 0.3) is 0 Å². The molecule has 0 bridgehead atoms. The van der Waals surface area contributed by atoms with Gasteiger partial charge in [-0.05, 0) is 19.1 Å². The Morgan fingerprint density at radius 1 is 1.25 bits per heavy atom. The predicted molar refractivity (Wildman–Crippen MR) is 57.6 cm³/mol. The van der Waals surface area contributed by atoms with E-state index in [0.29, 0.717) is 0 Å². The second kappa shape index (κ2) is 4.47. The summed E-state index contributed by atoms with van der Waals surface area (Å²) in [6, 6.07) is 2.09. The van der Waals surface area contributed by atoms with Crippen molar-refractivity contribution in [2.45, 2.75) is 18.2 Å². The minimum atomic E-state index is -3.44. The molecular formula is C10H13F2NO2S. The fourth-order valence-corrected chi connectivity index (χ4v) is 2.00. The predicted octanol–water partition coefficient (Wildman–Crippen LogP) is 1.40. The number of hydrogen-bond acceptors (Lipinski definition) is 3. The van der Waals surface area contributed by atoms with Crippen molar-refractivity contribution in [1.29, 1.82) is 0 Å². The van der Waals surface area contributed by atoms with Crippen molar-refractivity contribution >= 4 is 9.84 Å². The van der Waals surface area contributed by atoms with Crippen LogP contribution >= 0.6 is 0 Å². The minimum absolute atomic E-state index is 0.388. The Hall–Kier alpha value is -1.01. The van der Waals surface area contributed by atoms with Gasteiger partial charge in [0.2, 0.25) is 0 Å². The molecule has 3 nitrogen and oxygen atoms in total. The maximum absolute atomic E-state index is 13.3. The summed E-state index contributed by atoms with van der Waals surface area (Å²) in [6.07, 6.45) is 0.982. The van der Waals surface area contributed by atoms with Crippen molar-refractivity contribution in [3.8, 4) is 0 Å². The Morgan fingerprint density at radius 2 is 1.69 bits per heavy atom. The highest BCUT2D eigenvalue weighted by atomic mass is 32.2. The number of rotatable bonds is 3. The molecule has 2 unspecified atom stereocenters. The monoisotopic (exact) mass is 249 g/mol. The van der Waals surface area contributed by atoms with Crippen molar-refractivity contribution in [3.63, 3.8) is 0 Å². The van der Waals surface area contributed by atoms with Crippen molar-refractivity contribution in [1.82, 2.24) is 0 Å². The molecule has 0 heterocycles. The van der Waals surface area contributed by atoms with E-state index in [4.69, 9.17) is 5.73 Å². The van der Waals surface area contributed by atoms with Gasteiger partial charge in [0.05, 0.1) is 11.3 Å². The third kappa shape index (κ3) is 2.56. The molecular weight excluding hydrogens is 236 g/mol. The average molecular weight is 249 g/mol. The van der Waals surface area contributed by atoms with Gasteiger partial charge in [0.15, 0.2) is 9.84 Å². The Labute approximate surface area is 93.2 Å². The molecule has 2 N–H and O–H groups in total. The first-order chi connectivity index (χ1) is 7.25. The molecule has 90 valence electrons. The number of sulfone groups is 1. The molecule has 1 aromatic rings. The molecule has 0 fully saturated rings. The van der Waals surface area contributed by atoms with Gasteiger partial charge in [-0.2, -0.15) is 0 Å². The number of hydrogen-bond donors (Lipinski definition) is 1. The van der Waals surface area contributed by atoms with E-state index in [-0.39, 0.29) is 5.56 Å². The van der Waals surface area contributed by atoms with Crippen molar-refractivity contribution in [2.75, 3.05) is 6.26 Å². The van der Waals surface area contributed by atoms with Crippen LogP contribution in [0.5, 0.6) is 0 Å². The smallest absolute Gasteiger partial charge is 0.151 e. The molecule has 6 heteroatoms. The largest absolute Gasteiger partial charge is 0.323 e. The SMILES string of the molecule is CC(C(N)c1c(F)cccc1F)S(C)(=O)=O. The lowest BCUT2D eigenvalue weighted by molar-refractivity contribution is 0.512. The molecule has 0 aliphatic heterocycles. The lowest BCUT2D eigenvalue weighted by atomic mass is 10.0. The maximum Gasteiger partial charge on any atom is 0.151 e. The number of nitrogens with two attached hydrogens (primary N) is 1. The van der Waals surface area contributed by atoms with Crippen LogP contribution in [0.2, 0.25) is 0 Å². The van der Waals surface area contributed by atoms with E-state index in [0.717, 1.165) is 18.4 Å². The van der Waals surface area contributed by atoms with E-state index in [2.05, 4.69) is 0 Å². The molecule has 0 radical (unpaired) electrons. The second-order valence-electron chi connectivity index (χ2n) is 3.70. The highest BCUT2D eigenvalue weighted by Gasteiger charge is 2.28. The standard InChI is InChI=1S/C10H13F2NO2S/c1-6(16(2,14)15)10(13)9-7(11)4-3-5-8(9)12/h3-6,10H,13H2,1-2H3. The zero-order valence-electron chi connectivity index (χ0n) is 8.94. The summed E-state index contributed by atoms with van der Waals surface area (Å²) in [5.74, 6) is -1.66. The summed E-state index contributed by atoms with van der Waals surface area (Å²) in [5.41, 5.74) is 5.18. The van der Waals surface area contributed by atoms with Crippen molar-refractivity contribution < 1.29 is 17.2 Å². The first kappa shape index (κ1) is 13.1. The fourth-order valence-electron chi connectivity index (χ4n) is 1.33. The van der Waals surface area contributed by atoms with Gasteiger partial charge in [-0.25, -0.2) is 17.2 Å². The van der Waals surface area contributed by atoms with E-state index in [1.54, 1.807) is 0 Å². The van der Waals surface area contributed by atoms with Gasteiger partial charge in [0.1, 0.15) is 11.6 Å². The summed E-state index contributed by atoms with van der Waals surface area (Å²) in [7, 11) is -3.44. The normalized spacial score (nSPS) is 15.8. The van der Waals surface area contributed by atoms with Crippen LogP contribution in [0.15, 0.2) is 18.2 Å². The Morgan fingerprint density at radius 3 is 2.06 bits per heavy atom. The van der Waals surface area contributed by atoms with E-state index in [9.17, 15) is 17.2 Å². The zero-order valence-corrected chi connectivity index (χ0v) is 9.76. The van der Waals surface area contributed by atoms with Crippen LogP contribution in [-0.2, 0) is 9.84 Å². The summed E-state index contributed by atoms with van der Waals surface area (Å²) in [4.78, 5) is 0. The third-order valence-corrected chi connectivity index (χ3v) is 4.16. The summed E-state index contributed by atoms with van der Waals surface area (Å²) in [6.45, 7) is 1.33. The molecule has 0 saturated carbocycles. The Bertz CT molecular complexity index is 467. The molecule has 1 aromatic carbocycles. The lowest BCUT2D eigenvalue weighted by Gasteiger charge is -2.19. The molecule has 16 heavy (non-hydrogen) atoms. The fraction of sp³-hybridized carbons (Fsp3) is 0.400. The molecule has 0 saturated heterocycles. The molecule has 0 spiro atoms. The van der Waals surface area contributed by atoms with E-state index in [1.165, 1.54) is 13.0 Å². The highest BCUT2D eigenvalue weighted by molar-refractivity contribution is 7.91. The summed E-state index contributed by atoms with van der Waals surface area (Å²) < 4.78 is 49.2. The third-order valence-electron chi connectivity index (χ3n) is 2.51. The minimum Gasteiger partial charge on any atom is -0.323 e. The van der Waals surface area contributed by atoms with Gasteiger partial charge in [-0.3, -0.25) is 0 Å². The summed E-state index contributed by atoms with van der Waals surface area (Å²) in [5, 5.41) is -1.04. The van der Waals surface area contributed by atoms with Crippen molar-refractivity contribution in [2.24, 2.45) is 5.73 Å². The molecule has 1 rings (SSSR count). The highest BCUT2D eigenvalue weighted by Crippen LogP contribution is 2.24. The molecule has 0 amide bonds. The van der Waals surface area contributed by atoms with Gasteiger partial charge >= 0.3 is 0 Å². The summed E-state index contributed by atoms with van der Waals surface area (Å²) >= 11 is 0. The quantitative estimate of drug-likeness (QED) is 0.880. The van der Waals surface area contributed by atoms with Crippen LogP contribution < -0.4 is 5.73 Å². The van der Waals surface area contributed by atoms with Gasteiger partial charge in [-0.1, -0.05) is 6.07 Å². The van der Waals surface area contributed by atoms with Crippen molar-refractivity contribution in [3.05, 3.63) is 35.4 Å². The van der Waals surface area contributed by atoms with E-state index >= 15 is 0 Å². The number of halogens is 2. The average Bonchev–Trinajstić information content (AvgIpc) is 2.14. The van der Waals surface area contributed by atoms with E-state index < -0.39 is 32.8 Å². The molecule has 0 aliphatic rings. The Balaban J connectivity index is 3.20. The van der Waals surface area contributed by atoms with Gasteiger partial charge in [0.25, 0.3) is 0 Å². The van der Waals surface area contributed by atoms with Crippen LogP contribution in [-0.4, -0.2) is 19.9 Å². The molecule has 0 aromatic heterocycles. The lowest BCUT2D eigenvalue weighted by Crippen LogP contribution is -2.31. The second-order valence-corrected chi connectivity index (χ2v) is 6.10. The topological polar surface area (TPSA) is 60.2 Å². The van der Waals surface area contributed by atoms with E-state index in [1.807, 2.05) is 0 Å². The van der Waals surface area contributed by atoms with Crippen LogP contribution in [0.3, 0.4) is 0 Å². The maximum atomic E-state index is 13.3. The zero-order chi connectivity index (χ0) is 12.5. The van der Waals surface area contributed by atoms with Crippen LogP contribution in [0, 0.1) is 11.6 Å². The molecule has 2 atom stereocenters. The van der Waals surface area contributed by atoms with Gasteiger partial charge in [-0.15, -0.1) is 0 Å². The van der Waals surface area contributed by atoms with Gasteiger partial charge in [0, 0.05) is 11.8 Å².